The monoisotopic (exact) mass is 361 g/mol. The molecule has 134 valence electrons. The molecule has 2 heterocycles. The van der Waals surface area contributed by atoms with Gasteiger partial charge in [-0.15, -0.1) is 0 Å². The van der Waals surface area contributed by atoms with E-state index in [9.17, 15) is 10.5 Å². The summed E-state index contributed by atoms with van der Waals surface area (Å²) in [5.74, 6) is -0.779. The van der Waals surface area contributed by atoms with Crippen LogP contribution in [-0.4, -0.2) is 0 Å². The van der Waals surface area contributed by atoms with Gasteiger partial charge in [0.05, 0.1) is 36.1 Å². The second kappa shape index (κ2) is 6.55. The second-order valence-corrected chi connectivity index (χ2v) is 7.52. The van der Waals surface area contributed by atoms with Crippen molar-refractivity contribution in [1.29, 1.82) is 10.5 Å². The zero-order valence-corrected chi connectivity index (χ0v) is 15.4. The molecular weight excluding hydrogens is 342 g/mol. The van der Waals surface area contributed by atoms with E-state index < -0.39 is 5.92 Å². The van der Waals surface area contributed by atoms with E-state index in [0.717, 1.165) is 17.7 Å². The first kappa shape index (κ1) is 16.6. The lowest BCUT2D eigenvalue weighted by atomic mass is 9.83. The molecule has 4 atom stereocenters. The van der Waals surface area contributed by atoms with Crippen LogP contribution in [0.3, 0.4) is 0 Å². The van der Waals surface area contributed by atoms with Crippen molar-refractivity contribution in [3.05, 3.63) is 101 Å². The van der Waals surface area contributed by atoms with E-state index in [4.69, 9.17) is 0 Å². The van der Waals surface area contributed by atoms with Gasteiger partial charge in [-0.3, -0.25) is 0 Å². The minimum atomic E-state index is -0.392. The summed E-state index contributed by atoms with van der Waals surface area (Å²) < 4.78 is 0. The van der Waals surface area contributed by atoms with Crippen molar-refractivity contribution in [3.63, 3.8) is 0 Å². The third-order valence-electron chi connectivity index (χ3n) is 6.13. The van der Waals surface area contributed by atoms with Crippen LogP contribution < -0.4 is 4.90 Å². The van der Waals surface area contributed by atoms with Crippen LogP contribution in [0.2, 0.25) is 0 Å². The summed E-state index contributed by atoms with van der Waals surface area (Å²) in [6.07, 6.45) is 0.843. The maximum absolute atomic E-state index is 10.1. The molecule has 3 aromatic rings. The first-order valence-electron chi connectivity index (χ1n) is 9.61. The fraction of sp³-hybridized carbons (Fsp3) is 0.200. The van der Waals surface area contributed by atoms with Crippen LogP contribution in [0.25, 0.3) is 0 Å². The number of nitriles is 2. The third-order valence-corrected chi connectivity index (χ3v) is 6.13. The van der Waals surface area contributed by atoms with Gasteiger partial charge >= 0.3 is 0 Å². The average Bonchev–Trinajstić information content (AvgIpc) is 3.01. The predicted octanol–water partition coefficient (Wildman–Crippen LogP) is 5.17. The molecule has 0 bridgehead atoms. The van der Waals surface area contributed by atoms with Crippen LogP contribution >= 0.6 is 0 Å². The van der Waals surface area contributed by atoms with E-state index in [1.807, 2.05) is 24.3 Å². The largest absolute Gasteiger partial charge is 0.354 e. The Labute approximate surface area is 165 Å². The topological polar surface area (TPSA) is 50.8 Å². The summed E-state index contributed by atoms with van der Waals surface area (Å²) in [5.41, 5.74) is 5.88. The van der Waals surface area contributed by atoms with E-state index in [-0.39, 0.29) is 18.0 Å². The van der Waals surface area contributed by atoms with Crippen molar-refractivity contribution in [2.75, 3.05) is 4.90 Å². The van der Waals surface area contributed by atoms with Gasteiger partial charge in [0, 0.05) is 5.69 Å². The lowest BCUT2D eigenvalue weighted by Crippen LogP contribution is -2.28. The number of anilines is 1. The highest BCUT2D eigenvalue weighted by Gasteiger charge is 2.52. The molecule has 0 spiro atoms. The van der Waals surface area contributed by atoms with Crippen molar-refractivity contribution in [2.45, 2.75) is 18.5 Å². The molecule has 0 radical (unpaired) electrons. The summed E-state index contributed by atoms with van der Waals surface area (Å²) in [5, 5.41) is 20.2. The molecule has 2 aliphatic heterocycles. The Bertz CT molecular complexity index is 1110. The minimum Gasteiger partial charge on any atom is -0.354 e. The second-order valence-electron chi connectivity index (χ2n) is 7.52. The van der Waals surface area contributed by atoms with E-state index in [0.29, 0.717) is 0 Å². The van der Waals surface area contributed by atoms with Crippen molar-refractivity contribution in [2.24, 2.45) is 11.8 Å². The molecule has 0 amide bonds. The zero-order chi connectivity index (χ0) is 19.1. The number of rotatable bonds is 1. The van der Waals surface area contributed by atoms with Crippen LogP contribution in [-0.2, 0) is 6.42 Å². The highest BCUT2D eigenvalue weighted by atomic mass is 15.2. The Balaban J connectivity index is 1.82. The lowest BCUT2D eigenvalue weighted by molar-refractivity contribution is 0.511. The first-order chi connectivity index (χ1) is 13.8. The quantitative estimate of drug-likeness (QED) is 0.600. The Morgan fingerprint density at radius 3 is 2.04 bits per heavy atom. The van der Waals surface area contributed by atoms with Gasteiger partial charge in [-0.1, -0.05) is 72.8 Å². The number of para-hydroxylation sites is 1. The van der Waals surface area contributed by atoms with Gasteiger partial charge < -0.3 is 4.90 Å². The minimum absolute atomic E-state index is 0.125. The van der Waals surface area contributed by atoms with E-state index >= 15 is 0 Å². The maximum Gasteiger partial charge on any atom is 0.0890 e. The molecule has 0 aliphatic carbocycles. The predicted molar refractivity (Wildman–Crippen MR) is 108 cm³/mol. The molecule has 0 unspecified atom stereocenters. The number of hydrogen-bond donors (Lipinski definition) is 0. The number of nitrogens with zero attached hydrogens (tertiary/aromatic N) is 3. The highest BCUT2D eigenvalue weighted by Crippen LogP contribution is 2.55. The molecule has 28 heavy (non-hydrogen) atoms. The van der Waals surface area contributed by atoms with Gasteiger partial charge in [0.25, 0.3) is 0 Å². The molecule has 0 saturated carbocycles. The smallest absolute Gasteiger partial charge is 0.0890 e. The standard InChI is InChI=1S/C25H19N3/c26-15-21-22(16-27)25-20-12-6-4-10-18(20)14-19-11-5-7-13-23(19)28(25)24(21)17-8-2-1-3-9-17/h1-13,21-22,24-25H,14H2/t21-,22-,24-,25+/m0/s1. The summed E-state index contributed by atoms with van der Waals surface area (Å²) in [6, 6.07) is 31.7. The number of fused-ring (bicyclic) bond motifs is 5. The molecule has 0 N–H and O–H groups in total. The van der Waals surface area contributed by atoms with Crippen molar-refractivity contribution in [3.8, 4) is 12.1 Å². The van der Waals surface area contributed by atoms with Crippen LogP contribution in [0.15, 0.2) is 78.9 Å². The molecule has 1 fully saturated rings. The molecule has 2 aliphatic rings. The normalized spacial score (nSPS) is 24.9. The third kappa shape index (κ3) is 2.34. The molecule has 3 nitrogen and oxygen atoms in total. The van der Waals surface area contributed by atoms with Gasteiger partial charge in [0.15, 0.2) is 0 Å². The number of hydrogen-bond acceptors (Lipinski definition) is 3. The molecule has 1 saturated heterocycles. The molecular formula is C25H19N3. The first-order valence-corrected chi connectivity index (χ1v) is 9.61. The van der Waals surface area contributed by atoms with Crippen LogP contribution in [0.4, 0.5) is 5.69 Å². The summed E-state index contributed by atoms with van der Waals surface area (Å²) >= 11 is 0. The highest BCUT2D eigenvalue weighted by molar-refractivity contribution is 5.64. The summed E-state index contributed by atoms with van der Waals surface area (Å²) in [7, 11) is 0. The van der Waals surface area contributed by atoms with Crippen LogP contribution in [0, 0.1) is 34.5 Å². The molecule has 3 aromatic carbocycles. The van der Waals surface area contributed by atoms with E-state index in [1.165, 1.54) is 16.7 Å². The van der Waals surface area contributed by atoms with Gasteiger partial charge in [0.2, 0.25) is 0 Å². The fourth-order valence-corrected chi connectivity index (χ4v) is 4.98. The van der Waals surface area contributed by atoms with Crippen LogP contribution in [0.1, 0.15) is 34.3 Å². The van der Waals surface area contributed by atoms with Crippen molar-refractivity contribution in [1.82, 2.24) is 0 Å². The van der Waals surface area contributed by atoms with Gasteiger partial charge in [0.1, 0.15) is 0 Å². The summed E-state index contributed by atoms with van der Waals surface area (Å²) in [4.78, 5) is 2.35. The van der Waals surface area contributed by atoms with Crippen LogP contribution in [0.5, 0.6) is 0 Å². The summed E-state index contributed by atoms with van der Waals surface area (Å²) in [6.45, 7) is 0. The van der Waals surface area contributed by atoms with E-state index in [2.05, 4.69) is 71.6 Å². The Kier molecular flexibility index (Phi) is 3.89. The molecule has 5 rings (SSSR count). The zero-order valence-electron chi connectivity index (χ0n) is 15.4. The van der Waals surface area contributed by atoms with Crippen molar-refractivity contribution < 1.29 is 0 Å². The molecule has 0 aromatic heterocycles. The fourth-order valence-electron chi connectivity index (χ4n) is 4.98. The van der Waals surface area contributed by atoms with Gasteiger partial charge in [-0.25, -0.2) is 0 Å². The van der Waals surface area contributed by atoms with Gasteiger partial charge in [-0.2, -0.15) is 10.5 Å². The van der Waals surface area contributed by atoms with Crippen molar-refractivity contribution >= 4 is 5.69 Å². The Morgan fingerprint density at radius 2 is 1.29 bits per heavy atom. The maximum atomic E-state index is 10.1. The van der Waals surface area contributed by atoms with E-state index in [1.54, 1.807) is 0 Å². The average molecular weight is 361 g/mol. The van der Waals surface area contributed by atoms with Gasteiger partial charge in [-0.05, 0) is 34.7 Å². The number of benzene rings is 3. The Morgan fingerprint density at radius 1 is 0.679 bits per heavy atom. The lowest BCUT2D eigenvalue weighted by Gasteiger charge is -2.33. The SMILES string of the molecule is N#C[C@H]1[C@H](C#N)[C@H](c2ccccc2)N2c3ccccc3Cc3ccccc3[C@H]12. The molecule has 3 heteroatoms. The Hall–Kier alpha value is -3.56.